The number of nitrogens with one attached hydrogen (secondary N) is 1. The van der Waals surface area contributed by atoms with Crippen LogP contribution >= 0.6 is 0 Å². The Balaban J connectivity index is 5.81. The molecule has 0 saturated heterocycles. The Bertz CT molecular complexity index is 410. The van der Waals surface area contributed by atoms with Crippen LogP contribution in [0.2, 0.25) is 0 Å². The first-order valence-corrected chi connectivity index (χ1v) is 8.79. The van der Waals surface area contributed by atoms with Crippen LogP contribution in [-0.2, 0) is 0 Å². The third kappa shape index (κ3) is 5.04. The number of allylic oxidation sites excluding steroid dienone is 4. The van der Waals surface area contributed by atoms with Gasteiger partial charge in [0.05, 0.1) is 0 Å². The van der Waals surface area contributed by atoms with Crippen LogP contribution in [0.4, 0.5) is 0 Å². The van der Waals surface area contributed by atoms with E-state index < -0.39 is 0 Å². The van der Waals surface area contributed by atoms with E-state index in [0.717, 1.165) is 12.8 Å². The summed E-state index contributed by atoms with van der Waals surface area (Å²) in [5.74, 6) is 1.60. The average molecular weight is 306 g/mol. The van der Waals surface area contributed by atoms with E-state index in [4.69, 9.17) is 0 Å². The Morgan fingerprint density at radius 2 is 1.73 bits per heavy atom. The van der Waals surface area contributed by atoms with Crippen molar-refractivity contribution >= 4 is 0 Å². The summed E-state index contributed by atoms with van der Waals surface area (Å²) in [7, 11) is 2.00. The molecule has 1 N–H and O–H groups in total. The molecule has 0 aromatic heterocycles. The molecule has 1 heteroatoms. The third-order valence-electron chi connectivity index (χ3n) is 5.55. The zero-order chi connectivity index (χ0) is 17.5. The Morgan fingerprint density at radius 3 is 2.05 bits per heavy atom. The van der Waals surface area contributed by atoms with Crippen LogP contribution in [0.15, 0.2) is 35.6 Å². The maximum absolute atomic E-state index is 4.11. The second kappa shape index (κ2) is 9.22. The molecule has 0 aromatic rings. The molecule has 0 aliphatic rings. The van der Waals surface area contributed by atoms with Gasteiger partial charge in [-0.25, -0.2) is 0 Å². The van der Waals surface area contributed by atoms with Gasteiger partial charge in [-0.1, -0.05) is 51.8 Å². The van der Waals surface area contributed by atoms with Gasteiger partial charge in [0.2, 0.25) is 0 Å². The van der Waals surface area contributed by atoms with E-state index in [1.807, 2.05) is 7.05 Å². The van der Waals surface area contributed by atoms with Crippen molar-refractivity contribution < 1.29 is 0 Å². The van der Waals surface area contributed by atoms with E-state index in [1.165, 1.54) is 16.7 Å². The molecule has 0 aliphatic heterocycles. The maximum atomic E-state index is 4.11. The van der Waals surface area contributed by atoms with E-state index in [0.29, 0.717) is 17.8 Å². The molecule has 0 aromatic carbocycles. The van der Waals surface area contributed by atoms with Crippen molar-refractivity contribution in [2.24, 2.45) is 23.2 Å². The van der Waals surface area contributed by atoms with Crippen LogP contribution in [0.3, 0.4) is 0 Å². The Kier molecular flexibility index (Phi) is 8.81. The second-order valence-electron chi connectivity index (χ2n) is 7.52. The lowest BCUT2D eigenvalue weighted by atomic mass is 9.64. The number of hydrogen-bond donors (Lipinski definition) is 1. The van der Waals surface area contributed by atoms with E-state index >= 15 is 0 Å². The summed E-state index contributed by atoms with van der Waals surface area (Å²) >= 11 is 0. The first-order chi connectivity index (χ1) is 10.1. The van der Waals surface area contributed by atoms with E-state index in [-0.39, 0.29) is 5.41 Å². The molecule has 0 rings (SSSR count). The van der Waals surface area contributed by atoms with Crippen molar-refractivity contribution in [2.45, 2.75) is 68.2 Å². The summed E-state index contributed by atoms with van der Waals surface area (Å²) < 4.78 is 0. The van der Waals surface area contributed by atoms with Crippen LogP contribution in [0.5, 0.6) is 0 Å². The van der Waals surface area contributed by atoms with Crippen molar-refractivity contribution in [1.82, 2.24) is 5.32 Å². The highest BCUT2D eigenvalue weighted by Gasteiger charge is 2.35. The molecular weight excluding hydrogens is 266 g/mol. The van der Waals surface area contributed by atoms with Crippen LogP contribution in [0.25, 0.3) is 0 Å². The lowest BCUT2D eigenvalue weighted by Gasteiger charge is -2.40. The Morgan fingerprint density at radius 1 is 1.18 bits per heavy atom. The molecule has 0 aliphatic carbocycles. The van der Waals surface area contributed by atoms with Gasteiger partial charge in [-0.3, -0.25) is 0 Å². The molecule has 0 bridgehead atoms. The topological polar surface area (TPSA) is 12.0 Å². The zero-order valence-corrected chi connectivity index (χ0v) is 16.5. The standard InChI is InChI=1S/C21H39N/c1-11-19(13-15(3)4)20(14-22-10)18(8)21(9,12-2)17(7)16(5)6/h11,14-15,18-19,22H,1,12-13H2,2-10H3/b20-14-. The SMILES string of the molecule is C=CC(CC(C)C)/C(=C\NC)C(C)C(C)(CC)C(C)=C(C)C. The predicted octanol–water partition coefficient (Wildman–Crippen LogP) is 6.35. The van der Waals surface area contributed by atoms with Crippen molar-refractivity contribution in [3.63, 3.8) is 0 Å². The van der Waals surface area contributed by atoms with Gasteiger partial charge in [0.25, 0.3) is 0 Å². The monoisotopic (exact) mass is 305 g/mol. The lowest BCUT2D eigenvalue weighted by Crippen LogP contribution is -2.31. The molecule has 0 fully saturated rings. The van der Waals surface area contributed by atoms with Gasteiger partial charge in [0.15, 0.2) is 0 Å². The third-order valence-corrected chi connectivity index (χ3v) is 5.55. The molecule has 3 atom stereocenters. The molecule has 128 valence electrons. The smallest absolute Gasteiger partial charge is 0.00277 e. The average Bonchev–Trinajstić information content (AvgIpc) is 2.47. The normalized spacial score (nSPS) is 17.6. The van der Waals surface area contributed by atoms with Crippen LogP contribution in [-0.4, -0.2) is 7.05 Å². The molecule has 0 spiro atoms. The first-order valence-electron chi connectivity index (χ1n) is 8.79. The number of rotatable bonds is 9. The van der Waals surface area contributed by atoms with E-state index in [1.54, 1.807) is 0 Å². The summed E-state index contributed by atoms with van der Waals surface area (Å²) in [5, 5.41) is 3.28. The van der Waals surface area contributed by atoms with Crippen molar-refractivity contribution in [3.8, 4) is 0 Å². The van der Waals surface area contributed by atoms with Crippen LogP contribution in [0, 0.1) is 23.2 Å². The second-order valence-corrected chi connectivity index (χ2v) is 7.52. The molecule has 1 nitrogen and oxygen atoms in total. The van der Waals surface area contributed by atoms with Gasteiger partial charge < -0.3 is 5.32 Å². The van der Waals surface area contributed by atoms with Gasteiger partial charge in [0.1, 0.15) is 0 Å². The predicted molar refractivity (Wildman–Crippen MR) is 102 cm³/mol. The minimum absolute atomic E-state index is 0.194. The summed E-state index contributed by atoms with van der Waals surface area (Å²) in [6.45, 7) is 22.6. The first kappa shape index (κ1) is 21.0. The van der Waals surface area contributed by atoms with Crippen LogP contribution < -0.4 is 5.32 Å². The van der Waals surface area contributed by atoms with Gasteiger partial charge in [-0.2, -0.15) is 0 Å². The van der Waals surface area contributed by atoms with Gasteiger partial charge in [0, 0.05) is 7.05 Å². The molecular formula is C21H39N. The number of hydrogen-bond acceptors (Lipinski definition) is 1. The fourth-order valence-corrected chi connectivity index (χ4v) is 3.43. The van der Waals surface area contributed by atoms with Crippen molar-refractivity contribution in [2.75, 3.05) is 7.05 Å². The summed E-state index contributed by atoms with van der Waals surface area (Å²) in [6.07, 6.45) is 6.66. The van der Waals surface area contributed by atoms with Gasteiger partial charge in [-0.05, 0) is 68.6 Å². The van der Waals surface area contributed by atoms with E-state index in [9.17, 15) is 0 Å². The Hall–Kier alpha value is -0.980. The largest absolute Gasteiger partial charge is 0.394 e. The van der Waals surface area contributed by atoms with Crippen molar-refractivity contribution in [3.05, 3.63) is 35.6 Å². The van der Waals surface area contributed by atoms with Crippen molar-refractivity contribution in [1.29, 1.82) is 0 Å². The fraction of sp³-hybridized carbons (Fsp3) is 0.714. The van der Waals surface area contributed by atoms with Crippen LogP contribution in [0.1, 0.15) is 68.2 Å². The molecule has 3 unspecified atom stereocenters. The summed E-state index contributed by atoms with van der Waals surface area (Å²) in [4.78, 5) is 0. The molecule has 22 heavy (non-hydrogen) atoms. The zero-order valence-electron chi connectivity index (χ0n) is 16.5. The molecule has 0 radical (unpaired) electrons. The molecule has 0 amide bonds. The minimum atomic E-state index is 0.194. The molecule has 0 saturated carbocycles. The highest BCUT2D eigenvalue weighted by Crippen LogP contribution is 2.45. The summed E-state index contributed by atoms with van der Waals surface area (Å²) in [6, 6.07) is 0. The maximum Gasteiger partial charge on any atom is 0.00277 e. The summed E-state index contributed by atoms with van der Waals surface area (Å²) in [5.41, 5.74) is 4.65. The minimum Gasteiger partial charge on any atom is -0.394 e. The van der Waals surface area contributed by atoms with Gasteiger partial charge >= 0.3 is 0 Å². The Labute approximate surface area is 140 Å². The fourth-order valence-electron chi connectivity index (χ4n) is 3.43. The van der Waals surface area contributed by atoms with E-state index in [2.05, 4.69) is 79.6 Å². The quantitative estimate of drug-likeness (QED) is 0.490. The molecule has 0 heterocycles. The lowest BCUT2D eigenvalue weighted by molar-refractivity contribution is 0.261. The highest BCUT2D eigenvalue weighted by atomic mass is 14.8. The highest BCUT2D eigenvalue weighted by molar-refractivity contribution is 5.26. The van der Waals surface area contributed by atoms with Gasteiger partial charge in [-0.15, -0.1) is 6.58 Å².